The van der Waals surface area contributed by atoms with Crippen molar-refractivity contribution in [2.24, 2.45) is 17.8 Å². The molecule has 0 spiro atoms. The molecule has 1 unspecified atom stereocenters. The molecule has 62 heavy (non-hydrogen) atoms. The summed E-state index contributed by atoms with van der Waals surface area (Å²) in [4.78, 5) is 68.4. The first kappa shape index (κ1) is 42.8. The molecular weight excluding hydrogens is 831 g/mol. The van der Waals surface area contributed by atoms with Crippen LogP contribution in [0.5, 0.6) is 6.01 Å². The van der Waals surface area contributed by atoms with Crippen LogP contribution in [0.15, 0.2) is 35.7 Å². The van der Waals surface area contributed by atoms with Gasteiger partial charge in [0.15, 0.2) is 0 Å². The maximum absolute atomic E-state index is 14.8. The third-order valence-corrected chi connectivity index (χ3v) is 17.1. The predicted octanol–water partition coefficient (Wildman–Crippen LogP) is 6.50. The zero-order valence-corrected chi connectivity index (χ0v) is 37.9. The minimum Gasteiger partial charge on any atom is -0.459 e. The second-order valence-electron chi connectivity index (χ2n) is 19.4. The van der Waals surface area contributed by atoms with Gasteiger partial charge in [0.2, 0.25) is 21.8 Å². The Morgan fingerprint density at radius 3 is 2.48 bits per heavy atom. The second kappa shape index (κ2) is 16.2. The van der Waals surface area contributed by atoms with E-state index in [1.54, 1.807) is 18.3 Å². The summed E-state index contributed by atoms with van der Waals surface area (Å²) in [6, 6.07) is 4.15. The van der Waals surface area contributed by atoms with Gasteiger partial charge in [0.25, 0.3) is 11.9 Å². The third-order valence-electron chi connectivity index (χ3n) is 14.1. The van der Waals surface area contributed by atoms with E-state index in [1.807, 2.05) is 48.8 Å². The first-order valence-corrected chi connectivity index (χ1v) is 24.9. The van der Waals surface area contributed by atoms with Gasteiger partial charge in [0, 0.05) is 29.3 Å². The Morgan fingerprint density at radius 2 is 1.77 bits per heavy atom. The Morgan fingerprint density at radius 1 is 1.00 bits per heavy atom. The van der Waals surface area contributed by atoms with Gasteiger partial charge in [-0.1, -0.05) is 44.9 Å². The number of amides is 4. The van der Waals surface area contributed by atoms with Crippen LogP contribution in [-0.2, 0) is 29.1 Å². The van der Waals surface area contributed by atoms with Gasteiger partial charge < -0.3 is 25.0 Å². The van der Waals surface area contributed by atoms with E-state index in [-0.39, 0.29) is 37.5 Å². The third kappa shape index (κ3) is 8.23. The second-order valence-corrected chi connectivity index (χ2v) is 22.5. The number of fused-ring (bicyclic) bond motifs is 4. The Kier molecular flexibility index (Phi) is 11.2. The number of allylic oxidation sites excluding steroid dienone is 1. The molecule has 4 aliphatic carbocycles. The van der Waals surface area contributed by atoms with Gasteiger partial charge in [-0.05, 0) is 108 Å². The zero-order chi connectivity index (χ0) is 43.7. The molecule has 0 radical (unpaired) electrons. The van der Waals surface area contributed by atoms with Crippen LogP contribution in [0.4, 0.5) is 4.79 Å². The fraction of sp³-hybridized carbons (Fsp3) is 0.644. The number of para-hydroxylation sites is 1. The summed E-state index contributed by atoms with van der Waals surface area (Å²) in [6.45, 7) is 9.90. The lowest BCUT2D eigenvalue weighted by atomic mass is 10.0. The number of ether oxygens (including phenoxy) is 2. The number of carbonyl (C=O) groups excluding carboxylic acids is 4. The fourth-order valence-electron chi connectivity index (χ4n) is 9.70. The molecular formula is C45H59N7O8S2. The highest BCUT2D eigenvalue weighted by Crippen LogP contribution is 2.52. The summed E-state index contributed by atoms with van der Waals surface area (Å²) >= 11 is 1.56. The number of benzene rings is 1. The normalized spacial score (nSPS) is 31.0. The quantitative estimate of drug-likeness (QED) is 0.190. The molecule has 5 fully saturated rings. The van der Waals surface area contributed by atoms with Gasteiger partial charge in [-0.25, -0.2) is 18.2 Å². The van der Waals surface area contributed by atoms with Gasteiger partial charge in [0.05, 0.1) is 22.5 Å². The largest absolute Gasteiger partial charge is 0.459 e. The van der Waals surface area contributed by atoms with E-state index in [0.717, 1.165) is 53.0 Å². The smallest absolute Gasteiger partial charge is 0.408 e. The number of hydrogen-bond donors (Lipinski definition) is 3. The van der Waals surface area contributed by atoms with Gasteiger partial charge in [-0.3, -0.25) is 23.7 Å². The lowest BCUT2D eigenvalue weighted by Crippen LogP contribution is -2.58. The number of sulfonamides is 1. The number of alkyl carbamates (subject to hydrolysis) is 1. The average molecular weight is 890 g/mol. The minimum atomic E-state index is -4.00. The van der Waals surface area contributed by atoms with Crippen molar-refractivity contribution < 1.29 is 37.1 Å². The van der Waals surface area contributed by atoms with Crippen molar-refractivity contribution in [3.8, 4) is 16.6 Å². The number of nitrogens with zero attached hydrogens (tertiary/aromatic N) is 4. The summed E-state index contributed by atoms with van der Waals surface area (Å²) in [5.74, 6) is -0.780. The van der Waals surface area contributed by atoms with Gasteiger partial charge >= 0.3 is 6.09 Å². The van der Waals surface area contributed by atoms with Crippen LogP contribution < -0.4 is 20.1 Å². The topological polar surface area (TPSA) is 191 Å². The highest BCUT2D eigenvalue weighted by atomic mass is 32.2. The predicted molar refractivity (Wildman–Crippen MR) is 234 cm³/mol. The van der Waals surface area contributed by atoms with Crippen molar-refractivity contribution in [1.82, 2.24) is 34.8 Å². The van der Waals surface area contributed by atoms with Crippen LogP contribution in [0.1, 0.15) is 129 Å². The Balaban J connectivity index is 1.02. The molecule has 0 bridgehead atoms. The van der Waals surface area contributed by atoms with Crippen LogP contribution in [0.25, 0.3) is 21.6 Å². The van der Waals surface area contributed by atoms with E-state index in [1.165, 1.54) is 11.3 Å². The number of thiazole rings is 1. The lowest BCUT2D eigenvalue weighted by molar-refractivity contribution is -0.141. The highest BCUT2D eigenvalue weighted by Gasteiger charge is 2.63. The highest BCUT2D eigenvalue weighted by molar-refractivity contribution is 7.91. The zero-order valence-electron chi connectivity index (χ0n) is 36.2. The number of carbonyl (C=O) groups is 4. The molecule has 3 aromatic rings. The number of rotatable bonds is 10. The van der Waals surface area contributed by atoms with Crippen LogP contribution >= 0.6 is 11.3 Å². The monoisotopic (exact) mass is 889 g/mol. The van der Waals surface area contributed by atoms with Crippen LogP contribution in [-0.4, -0.2) is 92.8 Å². The summed E-state index contributed by atoms with van der Waals surface area (Å²) in [5.41, 5.74) is 1.94. The van der Waals surface area contributed by atoms with Gasteiger partial charge in [-0.15, -0.1) is 11.3 Å². The molecule has 334 valence electrons. The molecule has 2 aromatic heterocycles. The van der Waals surface area contributed by atoms with Crippen molar-refractivity contribution in [1.29, 1.82) is 0 Å². The number of imidazole rings is 1. The van der Waals surface area contributed by atoms with E-state index in [0.29, 0.717) is 50.0 Å². The van der Waals surface area contributed by atoms with Crippen LogP contribution in [0, 0.1) is 17.8 Å². The molecule has 8 atom stereocenters. The van der Waals surface area contributed by atoms with Crippen molar-refractivity contribution >= 4 is 56.2 Å². The molecule has 4 amide bonds. The summed E-state index contributed by atoms with van der Waals surface area (Å²) < 4.78 is 42.4. The summed E-state index contributed by atoms with van der Waals surface area (Å²) in [6.07, 6.45) is 9.63. The number of aromatic nitrogens is 3. The SMILES string of the molecule is CC(C)c1csc(-c2cccc3c2nc(O[C@@H]2C[C@H]4C(=O)N[C@]5(C(=O)NS(=O)(=O)C6(C)CC6)C[C@@H]5/C=C\CCCCC[C@H](NC(=O)OC5C[C@@H]6C[C@@H]6C5)C(=O)N4C2)n3C(C)C)n1. The molecule has 4 heterocycles. The van der Waals surface area contributed by atoms with Gasteiger partial charge in [0.1, 0.15) is 40.4 Å². The van der Waals surface area contributed by atoms with Crippen molar-refractivity contribution in [2.45, 2.75) is 158 Å². The molecule has 15 nitrogen and oxygen atoms in total. The first-order valence-electron chi connectivity index (χ1n) is 22.5. The van der Waals surface area contributed by atoms with E-state index in [9.17, 15) is 27.6 Å². The maximum Gasteiger partial charge on any atom is 0.408 e. The number of nitrogens with one attached hydrogen (secondary N) is 3. The Hall–Kier alpha value is -4.51. The van der Waals surface area contributed by atoms with E-state index < -0.39 is 68.2 Å². The first-order chi connectivity index (χ1) is 29.6. The van der Waals surface area contributed by atoms with E-state index in [4.69, 9.17) is 19.4 Å². The van der Waals surface area contributed by atoms with Crippen molar-refractivity contribution in [3.05, 3.63) is 41.4 Å². The molecule has 3 N–H and O–H groups in total. The lowest BCUT2D eigenvalue weighted by Gasteiger charge is -2.30. The van der Waals surface area contributed by atoms with Crippen molar-refractivity contribution in [3.63, 3.8) is 0 Å². The number of hydrogen-bond acceptors (Lipinski definition) is 11. The molecule has 4 saturated carbocycles. The van der Waals surface area contributed by atoms with Crippen molar-refractivity contribution in [2.75, 3.05) is 6.54 Å². The Labute approximate surface area is 367 Å². The van der Waals surface area contributed by atoms with Crippen LogP contribution in [0.3, 0.4) is 0 Å². The molecule has 2 aliphatic heterocycles. The molecule has 1 aromatic carbocycles. The Bertz CT molecular complexity index is 2400. The fourth-order valence-corrected chi connectivity index (χ4v) is 12.0. The molecule has 1 saturated heterocycles. The summed E-state index contributed by atoms with van der Waals surface area (Å²) in [7, 11) is -4.00. The molecule has 9 rings (SSSR count). The maximum atomic E-state index is 14.8. The standard InChI is InChI=1S/C45H59N7O8S2/c1-25(2)34-24-61-39(46-34)32-13-11-15-35-37(32)48-42(52(35)26(3)4)59-31-21-36-38(53)49-45(41(55)50-62(57,58)44(5)16-17-44)22-29(45)12-9-7-6-8-10-14-33(40(54)51(36)23-31)47-43(56)60-30-19-27-18-28(27)20-30/h9,11-13,15,24-31,33,36H,6-8,10,14,16-23H2,1-5H3,(H,47,56)(H,49,53)(H,50,55)/b12-9-/t27-,28+,29-,30?,31+,33-,36-,45+/m0/s1. The average Bonchev–Trinajstić information content (AvgIpc) is 4.07. The summed E-state index contributed by atoms with van der Waals surface area (Å²) in [5, 5.41) is 8.74. The minimum absolute atomic E-state index is 0.00375. The van der Waals surface area contributed by atoms with Crippen LogP contribution in [0.2, 0.25) is 0 Å². The molecule has 17 heteroatoms. The molecule has 6 aliphatic rings. The van der Waals surface area contributed by atoms with Gasteiger partial charge in [-0.2, -0.15) is 4.98 Å². The van der Waals surface area contributed by atoms with E-state index >= 15 is 0 Å². The van der Waals surface area contributed by atoms with E-state index in [2.05, 4.69) is 34.6 Å².